The van der Waals surface area contributed by atoms with E-state index < -0.39 is 0 Å². The smallest absolute Gasteiger partial charge is 0.246 e. The molecular weight excluding hydrogens is 204 g/mol. The van der Waals surface area contributed by atoms with Crippen LogP contribution >= 0.6 is 0 Å². The Kier molecular flexibility index (Phi) is 3.82. The molecule has 2 rings (SSSR count). The molecule has 1 amide bonds. The predicted molar refractivity (Wildman–Crippen MR) is 61.9 cm³/mol. The van der Waals surface area contributed by atoms with Crippen LogP contribution in [0.3, 0.4) is 0 Å². The van der Waals surface area contributed by atoms with Crippen LogP contribution in [-0.2, 0) is 9.53 Å². The maximum Gasteiger partial charge on any atom is 0.246 e. The van der Waals surface area contributed by atoms with E-state index in [1.165, 1.54) is 19.3 Å². The van der Waals surface area contributed by atoms with Gasteiger partial charge in [0.2, 0.25) is 5.91 Å². The van der Waals surface area contributed by atoms with Crippen LogP contribution in [-0.4, -0.2) is 30.7 Å². The molecule has 4 heteroatoms. The third kappa shape index (κ3) is 2.95. The molecule has 0 radical (unpaired) electrons. The van der Waals surface area contributed by atoms with Gasteiger partial charge in [-0.05, 0) is 38.0 Å². The van der Waals surface area contributed by atoms with Crippen LogP contribution in [0.4, 0.5) is 0 Å². The van der Waals surface area contributed by atoms with Gasteiger partial charge in [-0.15, -0.1) is 0 Å². The molecule has 0 aromatic rings. The first kappa shape index (κ1) is 11.9. The summed E-state index contributed by atoms with van der Waals surface area (Å²) >= 11 is 0. The predicted octanol–water partition coefficient (Wildman–Crippen LogP) is 0.797. The van der Waals surface area contributed by atoms with Crippen molar-refractivity contribution in [3.8, 4) is 0 Å². The van der Waals surface area contributed by atoms with E-state index in [0.29, 0.717) is 6.04 Å². The zero-order valence-electron chi connectivity index (χ0n) is 9.95. The number of primary amides is 1. The molecule has 92 valence electrons. The van der Waals surface area contributed by atoms with Gasteiger partial charge in [0, 0.05) is 12.6 Å². The molecule has 0 bridgehead atoms. The minimum atomic E-state index is -0.352. The van der Waals surface area contributed by atoms with Crippen LogP contribution < -0.4 is 11.1 Å². The SMILES string of the molecule is CC1CCC(NCC2CCC(C(N)=O)O2)C1. The largest absolute Gasteiger partial charge is 0.367 e. The topological polar surface area (TPSA) is 64.3 Å². The average molecular weight is 226 g/mol. The molecule has 4 nitrogen and oxygen atoms in total. The Hall–Kier alpha value is -0.610. The number of carbonyl (C=O) groups is 1. The second kappa shape index (κ2) is 5.15. The number of rotatable bonds is 4. The van der Waals surface area contributed by atoms with Gasteiger partial charge in [-0.1, -0.05) is 6.92 Å². The standard InChI is InChI=1S/C12H22N2O2/c1-8-2-3-9(6-8)14-7-10-4-5-11(16-10)12(13)15/h8-11,14H,2-7H2,1H3,(H2,13,15). The molecule has 2 fully saturated rings. The Morgan fingerprint density at radius 2 is 2.19 bits per heavy atom. The van der Waals surface area contributed by atoms with E-state index in [4.69, 9.17) is 10.5 Å². The Labute approximate surface area is 96.9 Å². The summed E-state index contributed by atoms with van der Waals surface area (Å²) in [5, 5.41) is 3.54. The molecule has 4 unspecified atom stereocenters. The van der Waals surface area contributed by atoms with Crippen LogP contribution in [0, 0.1) is 5.92 Å². The summed E-state index contributed by atoms with van der Waals surface area (Å²) in [6.07, 6.45) is 5.42. The number of carbonyl (C=O) groups excluding carboxylic acids is 1. The highest BCUT2D eigenvalue weighted by molar-refractivity contribution is 5.79. The van der Waals surface area contributed by atoms with E-state index in [1.54, 1.807) is 0 Å². The quantitative estimate of drug-likeness (QED) is 0.745. The van der Waals surface area contributed by atoms with Crippen molar-refractivity contribution in [2.75, 3.05) is 6.54 Å². The Morgan fingerprint density at radius 1 is 1.38 bits per heavy atom. The lowest BCUT2D eigenvalue weighted by molar-refractivity contribution is -0.128. The third-order valence-corrected chi connectivity index (χ3v) is 3.75. The van der Waals surface area contributed by atoms with Crippen LogP contribution in [0.1, 0.15) is 39.0 Å². The van der Waals surface area contributed by atoms with E-state index >= 15 is 0 Å². The van der Waals surface area contributed by atoms with Gasteiger partial charge in [0.1, 0.15) is 6.10 Å². The van der Waals surface area contributed by atoms with E-state index in [-0.39, 0.29) is 18.1 Å². The van der Waals surface area contributed by atoms with Gasteiger partial charge >= 0.3 is 0 Å². The fourth-order valence-electron chi connectivity index (χ4n) is 2.76. The normalized spacial score (nSPS) is 39.1. The minimum Gasteiger partial charge on any atom is -0.367 e. The van der Waals surface area contributed by atoms with Gasteiger partial charge in [-0.2, -0.15) is 0 Å². The van der Waals surface area contributed by atoms with Crippen molar-refractivity contribution in [1.82, 2.24) is 5.32 Å². The summed E-state index contributed by atoms with van der Waals surface area (Å²) in [5.74, 6) is 0.525. The molecule has 0 spiro atoms. The molecule has 2 aliphatic rings. The molecule has 16 heavy (non-hydrogen) atoms. The first-order valence-electron chi connectivity index (χ1n) is 6.33. The average Bonchev–Trinajstić information content (AvgIpc) is 2.83. The fraction of sp³-hybridized carbons (Fsp3) is 0.917. The van der Waals surface area contributed by atoms with Crippen LogP contribution in [0.25, 0.3) is 0 Å². The molecule has 1 saturated carbocycles. The van der Waals surface area contributed by atoms with Crippen LogP contribution in [0.15, 0.2) is 0 Å². The minimum absolute atomic E-state index is 0.174. The van der Waals surface area contributed by atoms with Gasteiger partial charge in [0.15, 0.2) is 0 Å². The number of nitrogens with one attached hydrogen (secondary N) is 1. The van der Waals surface area contributed by atoms with Gasteiger partial charge in [-0.25, -0.2) is 0 Å². The molecule has 1 heterocycles. The van der Waals surface area contributed by atoms with Crippen molar-refractivity contribution in [3.63, 3.8) is 0 Å². The Balaban J connectivity index is 1.66. The summed E-state index contributed by atoms with van der Waals surface area (Å²) in [5.41, 5.74) is 5.21. The van der Waals surface area contributed by atoms with Crippen molar-refractivity contribution < 1.29 is 9.53 Å². The lowest BCUT2D eigenvalue weighted by Gasteiger charge is -2.16. The molecule has 1 aliphatic heterocycles. The molecular formula is C12H22N2O2. The molecule has 0 aromatic heterocycles. The van der Waals surface area contributed by atoms with E-state index in [0.717, 1.165) is 25.3 Å². The zero-order chi connectivity index (χ0) is 11.5. The molecule has 1 saturated heterocycles. The molecule has 0 aromatic carbocycles. The lowest BCUT2D eigenvalue weighted by Crippen LogP contribution is -2.35. The molecule has 1 aliphatic carbocycles. The van der Waals surface area contributed by atoms with Crippen LogP contribution in [0.5, 0.6) is 0 Å². The number of hydrogen-bond acceptors (Lipinski definition) is 3. The van der Waals surface area contributed by atoms with Crippen molar-refractivity contribution >= 4 is 5.91 Å². The van der Waals surface area contributed by atoms with Crippen molar-refractivity contribution in [3.05, 3.63) is 0 Å². The third-order valence-electron chi connectivity index (χ3n) is 3.75. The summed E-state index contributed by atoms with van der Waals surface area (Å²) < 4.78 is 5.57. The summed E-state index contributed by atoms with van der Waals surface area (Å²) in [4.78, 5) is 10.9. The number of ether oxygens (including phenoxy) is 1. The Morgan fingerprint density at radius 3 is 2.75 bits per heavy atom. The number of amides is 1. The molecule has 3 N–H and O–H groups in total. The second-order valence-corrected chi connectivity index (χ2v) is 5.25. The Bertz CT molecular complexity index is 257. The van der Waals surface area contributed by atoms with Crippen molar-refractivity contribution in [2.24, 2.45) is 11.7 Å². The first-order valence-corrected chi connectivity index (χ1v) is 6.33. The number of nitrogens with two attached hydrogens (primary N) is 1. The summed E-state index contributed by atoms with van der Waals surface area (Å²) in [6.45, 7) is 3.16. The van der Waals surface area contributed by atoms with Gasteiger partial charge in [-0.3, -0.25) is 4.79 Å². The van der Waals surface area contributed by atoms with E-state index in [1.807, 2.05) is 0 Å². The zero-order valence-corrected chi connectivity index (χ0v) is 9.95. The highest BCUT2D eigenvalue weighted by atomic mass is 16.5. The first-order chi connectivity index (χ1) is 7.65. The lowest BCUT2D eigenvalue weighted by atomic mass is 10.1. The monoisotopic (exact) mass is 226 g/mol. The number of hydrogen-bond donors (Lipinski definition) is 2. The summed E-state index contributed by atoms with van der Waals surface area (Å²) in [6, 6.07) is 0.645. The van der Waals surface area contributed by atoms with Gasteiger partial charge in [0.25, 0.3) is 0 Å². The second-order valence-electron chi connectivity index (χ2n) is 5.25. The van der Waals surface area contributed by atoms with Gasteiger partial charge < -0.3 is 15.8 Å². The van der Waals surface area contributed by atoms with E-state index in [2.05, 4.69) is 12.2 Å². The molecule has 4 atom stereocenters. The summed E-state index contributed by atoms with van der Waals surface area (Å²) in [7, 11) is 0. The van der Waals surface area contributed by atoms with E-state index in [9.17, 15) is 4.79 Å². The maximum atomic E-state index is 10.9. The van der Waals surface area contributed by atoms with Crippen molar-refractivity contribution in [2.45, 2.75) is 57.3 Å². The van der Waals surface area contributed by atoms with Crippen molar-refractivity contribution in [1.29, 1.82) is 0 Å². The highest BCUT2D eigenvalue weighted by Crippen LogP contribution is 2.25. The van der Waals surface area contributed by atoms with Crippen LogP contribution in [0.2, 0.25) is 0 Å². The fourth-order valence-corrected chi connectivity index (χ4v) is 2.76. The maximum absolute atomic E-state index is 10.9. The van der Waals surface area contributed by atoms with Gasteiger partial charge in [0.05, 0.1) is 6.10 Å². The highest BCUT2D eigenvalue weighted by Gasteiger charge is 2.30.